The van der Waals surface area contributed by atoms with Crippen LogP contribution >= 0.6 is 0 Å². The van der Waals surface area contributed by atoms with Gasteiger partial charge >= 0.3 is 0 Å². The fourth-order valence-electron chi connectivity index (χ4n) is 2.35. The van der Waals surface area contributed by atoms with Crippen LogP contribution in [0.1, 0.15) is 26.0 Å². The van der Waals surface area contributed by atoms with Gasteiger partial charge in [-0.3, -0.25) is 4.98 Å². The van der Waals surface area contributed by atoms with E-state index in [0.29, 0.717) is 5.75 Å². The maximum atomic E-state index is 5.37. The van der Waals surface area contributed by atoms with Crippen molar-refractivity contribution in [2.75, 3.05) is 26.1 Å². The van der Waals surface area contributed by atoms with Crippen LogP contribution in [0.25, 0.3) is 11.3 Å². The second kappa shape index (κ2) is 7.69. The Hall–Kier alpha value is -2.23. The molecule has 0 saturated heterocycles. The molecule has 1 heterocycles. The maximum absolute atomic E-state index is 5.37. The normalized spacial score (nSPS) is 10.4. The summed E-state index contributed by atoms with van der Waals surface area (Å²) in [5.41, 5.74) is 4.17. The molecule has 4 heteroatoms. The van der Waals surface area contributed by atoms with E-state index < -0.39 is 0 Å². The Morgan fingerprint density at radius 1 is 1.00 bits per heavy atom. The molecule has 0 radical (unpaired) electrons. The van der Waals surface area contributed by atoms with Gasteiger partial charge in [-0.15, -0.1) is 0 Å². The van der Waals surface area contributed by atoms with Gasteiger partial charge in [0.05, 0.1) is 31.3 Å². The summed E-state index contributed by atoms with van der Waals surface area (Å²) in [5.74, 6) is 1.44. The molecule has 0 fully saturated rings. The molecular weight excluding hydrogens is 276 g/mol. The number of pyridine rings is 1. The van der Waals surface area contributed by atoms with Crippen molar-refractivity contribution < 1.29 is 9.47 Å². The van der Waals surface area contributed by atoms with Gasteiger partial charge in [0.2, 0.25) is 0 Å². The Kier molecular flexibility index (Phi) is 5.64. The second-order valence-electron chi connectivity index (χ2n) is 5.04. The third kappa shape index (κ3) is 3.50. The second-order valence-corrected chi connectivity index (χ2v) is 5.04. The Morgan fingerprint density at radius 2 is 1.77 bits per heavy atom. The van der Waals surface area contributed by atoms with Crippen LogP contribution in [-0.4, -0.2) is 25.7 Å². The molecule has 0 aliphatic heterocycles. The van der Waals surface area contributed by atoms with Crippen LogP contribution < -0.4 is 14.8 Å². The first-order valence-corrected chi connectivity index (χ1v) is 7.69. The monoisotopic (exact) mass is 300 g/mol. The molecule has 2 aromatic rings. The van der Waals surface area contributed by atoms with Crippen molar-refractivity contribution in [1.29, 1.82) is 0 Å². The van der Waals surface area contributed by atoms with E-state index in [1.165, 1.54) is 0 Å². The first-order chi connectivity index (χ1) is 10.7. The lowest BCUT2D eigenvalue weighted by Gasteiger charge is -2.13. The molecule has 0 spiro atoms. The summed E-state index contributed by atoms with van der Waals surface area (Å²) in [6.07, 6.45) is 1.99. The molecule has 1 aromatic carbocycles. The number of methoxy groups -OCH3 is 2. The fourth-order valence-corrected chi connectivity index (χ4v) is 2.35. The molecule has 118 valence electrons. The molecule has 4 nitrogen and oxygen atoms in total. The average molecular weight is 300 g/mol. The zero-order valence-electron chi connectivity index (χ0n) is 13.8. The molecular formula is C18H24N2O2. The van der Waals surface area contributed by atoms with Crippen LogP contribution in [0.3, 0.4) is 0 Å². The maximum Gasteiger partial charge on any atom is 0.161 e. The van der Waals surface area contributed by atoms with Crippen LogP contribution in [-0.2, 0) is 6.42 Å². The molecule has 0 unspecified atom stereocenters. The van der Waals surface area contributed by atoms with Crippen LogP contribution in [0.15, 0.2) is 30.3 Å². The SMILES string of the molecule is CCCNc1ccc(-c2ccc(OC)c(OC)c2)nc1CC. The number of nitrogens with zero attached hydrogens (tertiary/aromatic N) is 1. The van der Waals surface area contributed by atoms with Crippen LogP contribution in [0, 0.1) is 0 Å². The summed E-state index contributed by atoms with van der Waals surface area (Å²) in [6.45, 7) is 5.24. The van der Waals surface area contributed by atoms with Gasteiger partial charge in [0.25, 0.3) is 0 Å². The van der Waals surface area contributed by atoms with Crippen molar-refractivity contribution in [2.45, 2.75) is 26.7 Å². The van der Waals surface area contributed by atoms with Gasteiger partial charge in [0, 0.05) is 12.1 Å². The summed E-state index contributed by atoms with van der Waals surface area (Å²) in [5, 5.41) is 3.43. The Morgan fingerprint density at radius 3 is 2.41 bits per heavy atom. The smallest absolute Gasteiger partial charge is 0.161 e. The summed E-state index contributed by atoms with van der Waals surface area (Å²) in [7, 11) is 3.28. The molecule has 22 heavy (non-hydrogen) atoms. The molecule has 0 atom stereocenters. The van der Waals surface area contributed by atoms with E-state index in [0.717, 1.165) is 47.8 Å². The zero-order valence-corrected chi connectivity index (χ0v) is 13.8. The van der Waals surface area contributed by atoms with Gasteiger partial charge in [-0.05, 0) is 43.2 Å². The third-order valence-corrected chi connectivity index (χ3v) is 3.55. The summed E-state index contributed by atoms with van der Waals surface area (Å²) >= 11 is 0. The van der Waals surface area contributed by atoms with E-state index in [1.807, 2.05) is 24.3 Å². The molecule has 1 N–H and O–H groups in total. The molecule has 2 rings (SSSR count). The zero-order chi connectivity index (χ0) is 15.9. The van der Waals surface area contributed by atoms with Crippen molar-refractivity contribution in [3.8, 4) is 22.8 Å². The fraction of sp³-hybridized carbons (Fsp3) is 0.389. The third-order valence-electron chi connectivity index (χ3n) is 3.55. The number of ether oxygens (including phenoxy) is 2. The highest BCUT2D eigenvalue weighted by molar-refractivity contribution is 5.66. The minimum absolute atomic E-state index is 0.716. The minimum Gasteiger partial charge on any atom is -0.493 e. The van der Waals surface area contributed by atoms with Gasteiger partial charge in [-0.1, -0.05) is 13.8 Å². The predicted molar refractivity (Wildman–Crippen MR) is 90.9 cm³/mol. The first-order valence-electron chi connectivity index (χ1n) is 7.69. The highest BCUT2D eigenvalue weighted by Crippen LogP contribution is 2.32. The van der Waals surface area contributed by atoms with Crippen molar-refractivity contribution in [1.82, 2.24) is 4.98 Å². The van der Waals surface area contributed by atoms with Gasteiger partial charge in [0.15, 0.2) is 11.5 Å². The van der Waals surface area contributed by atoms with E-state index in [1.54, 1.807) is 14.2 Å². The van der Waals surface area contributed by atoms with E-state index in [9.17, 15) is 0 Å². The molecule has 1 aromatic heterocycles. The Labute approximate surface area is 132 Å². The molecule has 0 aliphatic rings. The topological polar surface area (TPSA) is 43.4 Å². The lowest BCUT2D eigenvalue weighted by Crippen LogP contribution is -2.04. The van der Waals surface area contributed by atoms with Crippen LogP contribution in [0.4, 0.5) is 5.69 Å². The summed E-state index contributed by atoms with van der Waals surface area (Å²) in [4.78, 5) is 4.79. The lowest BCUT2D eigenvalue weighted by molar-refractivity contribution is 0.355. The molecule has 0 aliphatic carbocycles. The Bertz CT molecular complexity index is 626. The van der Waals surface area contributed by atoms with Crippen molar-refractivity contribution in [3.05, 3.63) is 36.0 Å². The predicted octanol–water partition coefficient (Wildman–Crippen LogP) is 4.15. The van der Waals surface area contributed by atoms with Crippen molar-refractivity contribution in [2.24, 2.45) is 0 Å². The number of aromatic nitrogens is 1. The van der Waals surface area contributed by atoms with E-state index in [-0.39, 0.29) is 0 Å². The summed E-state index contributed by atoms with van der Waals surface area (Å²) in [6, 6.07) is 10.0. The van der Waals surface area contributed by atoms with Gasteiger partial charge in [0.1, 0.15) is 0 Å². The van der Waals surface area contributed by atoms with E-state index in [2.05, 4.69) is 25.2 Å². The molecule has 0 amide bonds. The number of hydrogen-bond donors (Lipinski definition) is 1. The largest absolute Gasteiger partial charge is 0.493 e. The van der Waals surface area contributed by atoms with E-state index in [4.69, 9.17) is 14.5 Å². The van der Waals surface area contributed by atoms with Gasteiger partial charge in [-0.25, -0.2) is 0 Å². The van der Waals surface area contributed by atoms with Gasteiger partial charge in [-0.2, -0.15) is 0 Å². The summed E-state index contributed by atoms with van der Waals surface area (Å²) < 4.78 is 10.6. The number of anilines is 1. The quantitative estimate of drug-likeness (QED) is 0.834. The van der Waals surface area contributed by atoms with Crippen molar-refractivity contribution in [3.63, 3.8) is 0 Å². The minimum atomic E-state index is 0.716. The Balaban J connectivity index is 2.36. The number of nitrogens with one attached hydrogen (secondary N) is 1. The highest BCUT2D eigenvalue weighted by atomic mass is 16.5. The van der Waals surface area contributed by atoms with Crippen molar-refractivity contribution >= 4 is 5.69 Å². The van der Waals surface area contributed by atoms with Crippen LogP contribution in [0.2, 0.25) is 0 Å². The number of aryl methyl sites for hydroxylation is 1. The first kappa shape index (κ1) is 16.1. The average Bonchev–Trinajstić information content (AvgIpc) is 2.59. The van der Waals surface area contributed by atoms with Crippen LogP contribution in [0.5, 0.6) is 11.5 Å². The van der Waals surface area contributed by atoms with E-state index >= 15 is 0 Å². The number of benzene rings is 1. The number of rotatable bonds is 7. The molecule has 0 saturated carbocycles. The number of hydrogen-bond acceptors (Lipinski definition) is 4. The van der Waals surface area contributed by atoms with Gasteiger partial charge < -0.3 is 14.8 Å². The molecule has 0 bridgehead atoms. The standard InChI is InChI=1S/C18H24N2O2/c1-5-11-19-16-9-8-15(20-14(16)6-2)13-7-10-17(21-3)18(12-13)22-4/h7-10,12,19H,5-6,11H2,1-4H3. The lowest BCUT2D eigenvalue weighted by atomic mass is 10.1. The highest BCUT2D eigenvalue weighted by Gasteiger charge is 2.09.